The second-order valence-corrected chi connectivity index (χ2v) is 4.93. The van der Waals surface area contributed by atoms with Gasteiger partial charge in [0.25, 0.3) is 0 Å². The number of aromatic nitrogens is 2. The highest BCUT2D eigenvalue weighted by Crippen LogP contribution is 2.19. The Balaban J connectivity index is 1.98. The minimum absolute atomic E-state index is 0.245. The number of methoxy groups -OCH3 is 1. The Morgan fingerprint density at radius 3 is 2.47 bits per heavy atom. The van der Waals surface area contributed by atoms with Gasteiger partial charge in [-0.05, 0) is 26.9 Å². The van der Waals surface area contributed by atoms with Gasteiger partial charge < -0.3 is 14.5 Å². The summed E-state index contributed by atoms with van der Waals surface area (Å²) in [5.41, 5.74) is 0.245. The molecule has 1 fully saturated rings. The maximum atomic E-state index is 11.3. The summed E-state index contributed by atoms with van der Waals surface area (Å²) < 4.78 is 4.60. The second-order valence-electron chi connectivity index (χ2n) is 4.93. The van der Waals surface area contributed by atoms with E-state index in [-0.39, 0.29) is 5.69 Å². The largest absolute Gasteiger partial charge is 0.464 e. The molecule has 6 heteroatoms. The molecular weight excluding hydrogens is 244 g/mol. The third-order valence-electron chi connectivity index (χ3n) is 3.55. The van der Waals surface area contributed by atoms with Crippen LogP contribution in [0.15, 0.2) is 12.4 Å². The quantitative estimate of drug-likeness (QED) is 0.752. The monoisotopic (exact) mass is 264 g/mol. The van der Waals surface area contributed by atoms with Crippen molar-refractivity contribution >= 4 is 11.8 Å². The van der Waals surface area contributed by atoms with Crippen molar-refractivity contribution in [3.05, 3.63) is 18.1 Å². The van der Waals surface area contributed by atoms with Crippen LogP contribution in [-0.4, -0.2) is 61.2 Å². The Kier molecular flexibility index (Phi) is 4.31. The van der Waals surface area contributed by atoms with Crippen LogP contribution in [-0.2, 0) is 4.74 Å². The van der Waals surface area contributed by atoms with E-state index in [0.717, 1.165) is 31.7 Å². The molecule has 0 unspecified atom stereocenters. The maximum absolute atomic E-state index is 11.3. The van der Waals surface area contributed by atoms with Gasteiger partial charge in [0, 0.05) is 19.1 Å². The molecule has 0 atom stereocenters. The van der Waals surface area contributed by atoms with Crippen molar-refractivity contribution in [3.8, 4) is 0 Å². The Labute approximate surface area is 113 Å². The molecule has 0 amide bonds. The Bertz CT molecular complexity index is 425. The smallest absolute Gasteiger partial charge is 0.358 e. The average Bonchev–Trinajstić information content (AvgIpc) is 2.46. The zero-order chi connectivity index (χ0) is 13.8. The van der Waals surface area contributed by atoms with Crippen molar-refractivity contribution in [1.29, 1.82) is 0 Å². The van der Waals surface area contributed by atoms with Crippen LogP contribution >= 0.6 is 0 Å². The molecule has 2 rings (SSSR count). The Hall–Kier alpha value is -1.69. The fourth-order valence-corrected chi connectivity index (χ4v) is 2.31. The molecule has 1 saturated heterocycles. The van der Waals surface area contributed by atoms with Crippen molar-refractivity contribution in [1.82, 2.24) is 14.9 Å². The van der Waals surface area contributed by atoms with Crippen molar-refractivity contribution in [2.45, 2.75) is 18.9 Å². The van der Waals surface area contributed by atoms with E-state index in [1.54, 1.807) is 6.20 Å². The predicted molar refractivity (Wildman–Crippen MR) is 72.3 cm³/mol. The van der Waals surface area contributed by atoms with Gasteiger partial charge in [0.05, 0.1) is 19.5 Å². The highest BCUT2D eigenvalue weighted by molar-refractivity contribution is 5.86. The number of nitrogens with zero attached hydrogens (tertiary/aromatic N) is 4. The lowest BCUT2D eigenvalue weighted by Gasteiger charge is -2.35. The first-order valence-corrected chi connectivity index (χ1v) is 6.43. The Morgan fingerprint density at radius 1 is 1.32 bits per heavy atom. The lowest BCUT2D eigenvalue weighted by Crippen LogP contribution is -2.42. The number of carbonyl (C=O) groups is 1. The van der Waals surface area contributed by atoms with Gasteiger partial charge in [-0.3, -0.25) is 0 Å². The molecular formula is C13H20N4O2. The summed E-state index contributed by atoms with van der Waals surface area (Å²) in [6, 6.07) is 0.638. The number of hydrogen-bond acceptors (Lipinski definition) is 6. The van der Waals surface area contributed by atoms with E-state index in [2.05, 4.69) is 38.6 Å². The first-order valence-electron chi connectivity index (χ1n) is 6.43. The molecule has 0 radical (unpaired) electrons. The van der Waals surface area contributed by atoms with Crippen LogP contribution in [0.3, 0.4) is 0 Å². The van der Waals surface area contributed by atoms with E-state index in [4.69, 9.17) is 0 Å². The van der Waals surface area contributed by atoms with Gasteiger partial charge in [0.15, 0.2) is 5.69 Å². The third kappa shape index (κ3) is 3.20. The second kappa shape index (κ2) is 5.97. The molecule has 19 heavy (non-hydrogen) atoms. The van der Waals surface area contributed by atoms with Gasteiger partial charge in [-0.25, -0.2) is 14.8 Å². The molecule has 0 saturated carbocycles. The number of carbonyl (C=O) groups excluding carboxylic acids is 1. The fourth-order valence-electron chi connectivity index (χ4n) is 2.31. The highest BCUT2D eigenvalue weighted by Gasteiger charge is 2.21. The summed E-state index contributed by atoms with van der Waals surface area (Å²) in [4.78, 5) is 24.1. The average molecular weight is 264 g/mol. The summed E-state index contributed by atoms with van der Waals surface area (Å²) in [5, 5.41) is 0. The van der Waals surface area contributed by atoms with E-state index >= 15 is 0 Å². The van der Waals surface area contributed by atoms with Crippen LogP contribution in [0.4, 0.5) is 5.82 Å². The topological polar surface area (TPSA) is 58.6 Å². The lowest BCUT2D eigenvalue weighted by atomic mass is 10.0. The van der Waals surface area contributed by atoms with Crippen LogP contribution in [0.25, 0.3) is 0 Å². The molecule has 0 aliphatic carbocycles. The summed E-state index contributed by atoms with van der Waals surface area (Å²) in [6.07, 6.45) is 5.35. The minimum atomic E-state index is -0.453. The number of anilines is 1. The molecule has 0 bridgehead atoms. The first kappa shape index (κ1) is 13.7. The van der Waals surface area contributed by atoms with E-state index < -0.39 is 5.97 Å². The molecule has 1 aliphatic rings. The summed E-state index contributed by atoms with van der Waals surface area (Å²) in [5.74, 6) is 0.371. The number of rotatable bonds is 3. The standard InChI is InChI=1S/C13H20N4O2/c1-16(2)10-4-6-17(7-5-10)12-9-14-11(8-15-12)13(18)19-3/h8-10H,4-7H2,1-3H3. The van der Waals surface area contributed by atoms with Crippen molar-refractivity contribution in [3.63, 3.8) is 0 Å². The summed E-state index contributed by atoms with van der Waals surface area (Å²) in [7, 11) is 5.57. The first-order chi connectivity index (χ1) is 9.11. The third-order valence-corrected chi connectivity index (χ3v) is 3.55. The fraction of sp³-hybridized carbons (Fsp3) is 0.615. The lowest BCUT2D eigenvalue weighted by molar-refractivity contribution is 0.0593. The van der Waals surface area contributed by atoms with Gasteiger partial charge in [0.1, 0.15) is 5.82 Å². The summed E-state index contributed by atoms with van der Waals surface area (Å²) in [6.45, 7) is 1.93. The molecule has 0 spiro atoms. The normalized spacial score (nSPS) is 16.7. The number of esters is 1. The van der Waals surface area contributed by atoms with E-state index in [0.29, 0.717) is 6.04 Å². The van der Waals surface area contributed by atoms with Crippen molar-refractivity contribution in [2.75, 3.05) is 39.2 Å². The number of piperidine rings is 1. The molecule has 6 nitrogen and oxygen atoms in total. The van der Waals surface area contributed by atoms with Crippen molar-refractivity contribution < 1.29 is 9.53 Å². The molecule has 0 aromatic carbocycles. The van der Waals surface area contributed by atoms with Gasteiger partial charge in [0.2, 0.25) is 0 Å². The molecule has 1 aliphatic heterocycles. The van der Waals surface area contributed by atoms with Gasteiger partial charge in [-0.2, -0.15) is 0 Å². The summed E-state index contributed by atoms with van der Waals surface area (Å²) >= 11 is 0. The van der Waals surface area contributed by atoms with Gasteiger partial charge in [-0.15, -0.1) is 0 Å². The van der Waals surface area contributed by atoms with Crippen LogP contribution in [0.5, 0.6) is 0 Å². The van der Waals surface area contributed by atoms with E-state index in [1.165, 1.54) is 13.3 Å². The van der Waals surface area contributed by atoms with Crippen molar-refractivity contribution in [2.24, 2.45) is 0 Å². The number of hydrogen-bond donors (Lipinski definition) is 0. The molecule has 104 valence electrons. The van der Waals surface area contributed by atoms with Crippen LogP contribution in [0, 0.1) is 0 Å². The highest BCUT2D eigenvalue weighted by atomic mass is 16.5. The van der Waals surface area contributed by atoms with Crippen LogP contribution in [0.2, 0.25) is 0 Å². The predicted octanol–water partition coefficient (Wildman–Crippen LogP) is 0.794. The SMILES string of the molecule is COC(=O)c1cnc(N2CCC(N(C)C)CC2)cn1. The zero-order valence-corrected chi connectivity index (χ0v) is 11.7. The van der Waals surface area contributed by atoms with E-state index in [1.807, 2.05) is 0 Å². The van der Waals surface area contributed by atoms with Crippen LogP contribution in [0.1, 0.15) is 23.3 Å². The zero-order valence-electron chi connectivity index (χ0n) is 11.7. The van der Waals surface area contributed by atoms with E-state index in [9.17, 15) is 4.79 Å². The van der Waals surface area contributed by atoms with Crippen LogP contribution < -0.4 is 4.90 Å². The molecule has 0 N–H and O–H groups in total. The van der Waals surface area contributed by atoms with Gasteiger partial charge >= 0.3 is 5.97 Å². The Morgan fingerprint density at radius 2 is 2.00 bits per heavy atom. The molecule has 1 aromatic heterocycles. The maximum Gasteiger partial charge on any atom is 0.358 e. The molecule has 1 aromatic rings. The molecule has 2 heterocycles. The minimum Gasteiger partial charge on any atom is -0.464 e. The number of ether oxygens (including phenoxy) is 1. The van der Waals surface area contributed by atoms with Gasteiger partial charge in [-0.1, -0.05) is 0 Å².